The predicted molar refractivity (Wildman–Crippen MR) is 164 cm³/mol. The first-order valence-corrected chi connectivity index (χ1v) is 14.6. The van der Waals surface area contributed by atoms with Gasteiger partial charge < -0.3 is 9.80 Å². The highest BCUT2D eigenvalue weighted by atomic mass is 35.5. The molecule has 0 N–H and O–H groups in total. The van der Waals surface area contributed by atoms with Crippen molar-refractivity contribution in [2.75, 3.05) is 72.6 Å². The van der Waals surface area contributed by atoms with E-state index in [0.717, 1.165) is 74.6 Å². The minimum atomic E-state index is 0.581. The fraction of sp³-hybridized carbons (Fsp3) is 0.500. The van der Waals surface area contributed by atoms with Crippen molar-refractivity contribution in [1.29, 1.82) is 0 Å². The van der Waals surface area contributed by atoms with E-state index in [4.69, 9.17) is 46.4 Å². The summed E-state index contributed by atoms with van der Waals surface area (Å²) in [6.07, 6.45) is 5.96. The van der Waals surface area contributed by atoms with Crippen molar-refractivity contribution in [2.45, 2.75) is 26.7 Å². The summed E-state index contributed by atoms with van der Waals surface area (Å²) in [5.74, 6) is 2.32. The number of aliphatic imine (C=N–C) groups is 2. The molecule has 0 aliphatic heterocycles. The van der Waals surface area contributed by atoms with E-state index in [2.05, 4.69) is 70.0 Å². The minimum Gasteiger partial charge on any atom is -0.369 e. The van der Waals surface area contributed by atoms with Crippen LogP contribution in [-0.2, 0) is 0 Å². The molecule has 36 heavy (non-hydrogen) atoms. The highest BCUT2D eigenvalue weighted by Gasteiger charge is 2.08. The number of anilines is 2. The molecule has 0 heterocycles. The summed E-state index contributed by atoms with van der Waals surface area (Å²) in [6, 6.07) is 12.8. The van der Waals surface area contributed by atoms with Crippen LogP contribution in [0.25, 0.3) is 0 Å². The highest BCUT2D eigenvalue weighted by Crippen LogP contribution is 2.20. The Labute approximate surface area is 237 Å². The number of hydrogen-bond donors (Lipinski definition) is 0. The summed E-state index contributed by atoms with van der Waals surface area (Å²) in [6.45, 7) is 8.97. The van der Waals surface area contributed by atoms with E-state index in [9.17, 15) is 0 Å². The Morgan fingerprint density at radius 3 is 1.28 bits per heavy atom. The van der Waals surface area contributed by atoms with Crippen LogP contribution in [0, 0.1) is 13.8 Å². The van der Waals surface area contributed by atoms with E-state index < -0.39 is 0 Å². The van der Waals surface area contributed by atoms with Crippen LogP contribution < -0.4 is 9.80 Å². The largest absolute Gasteiger partial charge is 0.369 e. The van der Waals surface area contributed by atoms with Gasteiger partial charge in [0.05, 0.1) is 0 Å². The molecule has 4 nitrogen and oxygen atoms in total. The molecular weight excluding hydrogens is 534 g/mol. The Kier molecular flexibility index (Phi) is 15.3. The smallest absolute Gasteiger partial charge is 0.0399 e. The van der Waals surface area contributed by atoms with E-state index in [1.54, 1.807) is 0 Å². The molecule has 0 saturated heterocycles. The fourth-order valence-electron chi connectivity index (χ4n) is 3.88. The van der Waals surface area contributed by atoms with Crippen molar-refractivity contribution >= 4 is 70.2 Å². The van der Waals surface area contributed by atoms with Gasteiger partial charge >= 0.3 is 0 Å². The first-order chi connectivity index (χ1) is 17.5. The molecule has 2 aromatic carbocycles. The summed E-state index contributed by atoms with van der Waals surface area (Å²) >= 11 is 23.7. The fourth-order valence-corrected chi connectivity index (χ4v) is 4.70. The molecule has 0 aliphatic carbocycles. The SMILES string of the molecule is Cc1cc(N(CCCl)CCCl)ccc1C=NCCCCN=Cc1ccc(N(CCCl)CCCl)cc1C. The Bertz CT molecular complexity index is 875. The van der Waals surface area contributed by atoms with Crippen molar-refractivity contribution in [1.82, 2.24) is 0 Å². The van der Waals surface area contributed by atoms with Crippen LogP contribution in [0.1, 0.15) is 35.1 Å². The van der Waals surface area contributed by atoms with E-state index >= 15 is 0 Å². The maximum Gasteiger partial charge on any atom is 0.0399 e. The van der Waals surface area contributed by atoms with Crippen molar-refractivity contribution in [2.24, 2.45) is 9.98 Å². The zero-order valence-electron chi connectivity index (χ0n) is 21.4. The summed E-state index contributed by atoms with van der Waals surface area (Å²) in [4.78, 5) is 13.7. The summed E-state index contributed by atoms with van der Waals surface area (Å²) < 4.78 is 0. The predicted octanol–water partition coefficient (Wildman–Crippen LogP) is 7.19. The molecule has 8 heteroatoms. The molecule has 0 radical (unpaired) electrons. The minimum absolute atomic E-state index is 0.581. The van der Waals surface area contributed by atoms with Gasteiger partial charge in [-0.05, 0) is 73.2 Å². The lowest BCUT2D eigenvalue weighted by Gasteiger charge is -2.23. The molecule has 2 aromatic rings. The van der Waals surface area contributed by atoms with Gasteiger partial charge in [-0.25, -0.2) is 0 Å². The van der Waals surface area contributed by atoms with Gasteiger partial charge in [-0.3, -0.25) is 9.98 Å². The number of benzene rings is 2. The molecule has 0 unspecified atom stereocenters. The summed E-state index contributed by atoms with van der Waals surface area (Å²) in [5, 5.41) is 0. The third-order valence-corrected chi connectivity index (χ3v) is 6.62. The topological polar surface area (TPSA) is 31.2 Å². The number of rotatable bonds is 17. The highest BCUT2D eigenvalue weighted by molar-refractivity contribution is 6.19. The van der Waals surface area contributed by atoms with Crippen LogP contribution in [0.2, 0.25) is 0 Å². The Morgan fingerprint density at radius 1 is 0.611 bits per heavy atom. The lowest BCUT2D eigenvalue weighted by Crippen LogP contribution is -2.27. The van der Waals surface area contributed by atoms with Crippen LogP contribution in [-0.4, -0.2) is 75.2 Å². The summed E-state index contributed by atoms with van der Waals surface area (Å²) in [5.41, 5.74) is 6.98. The lowest BCUT2D eigenvalue weighted by molar-refractivity contribution is 0.760. The zero-order valence-corrected chi connectivity index (χ0v) is 24.4. The van der Waals surface area contributed by atoms with Gasteiger partial charge in [0, 0.05) is 86.6 Å². The third kappa shape index (κ3) is 10.5. The average Bonchev–Trinajstić information content (AvgIpc) is 2.87. The van der Waals surface area contributed by atoms with Crippen molar-refractivity contribution in [3.63, 3.8) is 0 Å². The molecule has 0 saturated carbocycles. The van der Waals surface area contributed by atoms with Gasteiger partial charge in [0.1, 0.15) is 0 Å². The maximum absolute atomic E-state index is 5.93. The number of nitrogens with zero attached hydrogens (tertiary/aromatic N) is 4. The lowest BCUT2D eigenvalue weighted by atomic mass is 10.1. The molecular formula is C28H38Cl4N4. The standard InChI is InChI=1S/C28H38Cl4N4/c1-23-19-27(35(15-9-29)16-10-30)7-5-25(23)21-33-13-3-4-14-34-22-26-6-8-28(20-24(26)2)36(17-11-31)18-12-32/h5-8,19-22H,3-4,9-18H2,1-2H3. The Balaban J connectivity index is 1.78. The molecule has 0 bridgehead atoms. The van der Waals surface area contributed by atoms with Crippen LogP contribution in [0.5, 0.6) is 0 Å². The molecule has 0 spiro atoms. The summed E-state index contributed by atoms with van der Waals surface area (Å²) in [7, 11) is 0. The second-order valence-corrected chi connectivity index (χ2v) is 10.1. The zero-order chi connectivity index (χ0) is 26.2. The number of hydrogen-bond acceptors (Lipinski definition) is 4. The quantitative estimate of drug-likeness (QED) is 0.114. The van der Waals surface area contributed by atoms with Gasteiger partial charge in [0.25, 0.3) is 0 Å². The van der Waals surface area contributed by atoms with E-state index in [0.29, 0.717) is 23.5 Å². The first-order valence-electron chi connectivity index (χ1n) is 12.5. The van der Waals surface area contributed by atoms with Crippen molar-refractivity contribution < 1.29 is 0 Å². The third-order valence-electron chi connectivity index (χ3n) is 5.94. The van der Waals surface area contributed by atoms with Crippen LogP contribution >= 0.6 is 46.4 Å². The first kappa shape index (κ1) is 30.8. The van der Waals surface area contributed by atoms with Crippen molar-refractivity contribution in [3.05, 3.63) is 58.7 Å². The average molecular weight is 572 g/mol. The molecule has 0 amide bonds. The van der Waals surface area contributed by atoms with Crippen LogP contribution in [0.15, 0.2) is 46.4 Å². The maximum atomic E-state index is 5.93. The van der Waals surface area contributed by atoms with Crippen molar-refractivity contribution in [3.8, 4) is 0 Å². The Morgan fingerprint density at radius 2 is 0.972 bits per heavy atom. The van der Waals surface area contributed by atoms with Gasteiger partial charge in [-0.15, -0.1) is 46.4 Å². The Hall–Kier alpha value is -1.46. The molecule has 0 aliphatic rings. The number of unbranched alkanes of at least 4 members (excludes halogenated alkanes) is 1. The molecule has 0 aromatic heterocycles. The molecule has 198 valence electrons. The molecule has 0 fully saturated rings. The number of alkyl halides is 4. The van der Waals surface area contributed by atoms with E-state index in [1.807, 2.05) is 12.4 Å². The van der Waals surface area contributed by atoms with E-state index in [-0.39, 0.29) is 0 Å². The monoisotopic (exact) mass is 570 g/mol. The second-order valence-electron chi connectivity index (χ2n) is 8.59. The van der Waals surface area contributed by atoms with Gasteiger partial charge in [0.2, 0.25) is 0 Å². The van der Waals surface area contributed by atoms with Gasteiger partial charge in [0.15, 0.2) is 0 Å². The molecule has 2 rings (SSSR count). The normalized spacial score (nSPS) is 11.6. The number of aryl methyl sites for hydroxylation is 2. The second kappa shape index (κ2) is 17.9. The van der Waals surface area contributed by atoms with Gasteiger partial charge in [-0.2, -0.15) is 0 Å². The van der Waals surface area contributed by atoms with Crippen LogP contribution in [0.3, 0.4) is 0 Å². The van der Waals surface area contributed by atoms with Gasteiger partial charge in [-0.1, -0.05) is 12.1 Å². The van der Waals surface area contributed by atoms with E-state index in [1.165, 1.54) is 11.1 Å². The number of halogens is 4. The molecule has 0 atom stereocenters. The van der Waals surface area contributed by atoms with Crippen LogP contribution in [0.4, 0.5) is 11.4 Å².